The number of fused-ring (bicyclic) bond motifs is 1. The maximum absolute atomic E-state index is 11.9. The molecule has 5 N–H and O–H groups in total. The molecule has 0 saturated carbocycles. The summed E-state index contributed by atoms with van der Waals surface area (Å²) in [6.45, 7) is 2.62. The minimum absolute atomic E-state index is 0.0490. The van der Waals surface area contributed by atoms with E-state index in [-0.39, 0.29) is 30.1 Å². The van der Waals surface area contributed by atoms with Crippen LogP contribution < -0.4 is 21.3 Å². The molecule has 2 saturated heterocycles. The monoisotopic (exact) mass is 354 g/mol. The van der Waals surface area contributed by atoms with Gasteiger partial charge in [0.25, 0.3) is 0 Å². The number of thioether (sulfide) groups is 1. The third-order valence-electron chi connectivity index (χ3n) is 4.54. The third-order valence-corrected chi connectivity index (χ3v) is 6.05. The van der Waals surface area contributed by atoms with Crippen molar-refractivity contribution in [1.29, 1.82) is 5.41 Å². The molecule has 0 aromatic heterocycles. The lowest BCUT2D eigenvalue weighted by atomic mass is 10.0. The number of carbonyl (C=O) groups is 2. The second-order valence-electron chi connectivity index (χ2n) is 6.43. The van der Waals surface area contributed by atoms with E-state index in [1.165, 1.54) is 0 Å². The molecule has 1 radical (unpaired) electrons. The van der Waals surface area contributed by atoms with E-state index in [4.69, 9.17) is 5.41 Å². The number of urea groups is 1. The van der Waals surface area contributed by atoms with Gasteiger partial charge in [0, 0.05) is 30.0 Å². The van der Waals surface area contributed by atoms with Crippen molar-refractivity contribution in [2.24, 2.45) is 0 Å². The molecule has 4 atom stereocenters. The molecule has 2 aliphatic rings. The van der Waals surface area contributed by atoms with Gasteiger partial charge in [0.2, 0.25) is 5.91 Å². The molecule has 2 rings (SSSR count). The molecular weight excluding hydrogens is 326 g/mol. The normalized spacial score (nSPS) is 26.2. The Kier molecular flexibility index (Phi) is 7.68. The Bertz CT molecular complexity index is 448. The SMILES string of the molecule is CCCC(CNC(=O)CCCC[C@@H]1SC[C@@H]2NC(=O)N[C@@H]21)N[C]=N. The summed E-state index contributed by atoms with van der Waals surface area (Å²) in [5.74, 6) is 1.04. The van der Waals surface area contributed by atoms with Crippen molar-refractivity contribution in [1.82, 2.24) is 21.3 Å². The van der Waals surface area contributed by atoms with Gasteiger partial charge >= 0.3 is 6.03 Å². The number of amides is 3. The fraction of sp³-hybridized carbons (Fsp3) is 0.812. The standard InChI is InChI=1S/C16H28N5O2S/c1-2-5-11(19-10-17)8-18-14(22)7-4-3-6-13-15-12(9-24-13)20-16(23)21-15/h11-13,15H,2-9H2,1H3,(H2,17,19)(H,18,22)(H2,20,21,23)/t11?,12-,13-,15-/m0/s1. The van der Waals surface area contributed by atoms with Crippen molar-refractivity contribution in [2.75, 3.05) is 12.3 Å². The number of nitrogens with one attached hydrogen (secondary N) is 5. The second-order valence-corrected chi connectivity index (χ2v) is 7.70. The first-order valence-corrected chi connectivity index (χ1v) is 9.81. The Balaban J connectivity index is 1.56. The van der Waals surface area contributed by atoms with Gasteiger partial charge in [-0.05, 0) is 19.3 Å². The van der Waals surface area contributed by atoms with E-state index in [9.17, 15) is 9.59 Å². The molecule has 0 bridgehead atoms. The van der Waals surface area contributed by atoms with Gasteiger partial charge in [-0.15, -0.1) is 0 Å². The molecule has 2 fully saturated rings. The highest BCUT2D eigenvalue weighted by Gasteiger charge is 2.42. The quantitative estimate of drug-likeness (QED) is 0.126. The lowest BCUT2D eigenvalue weighted by Crippen LogP contribution is -2.40. The molecule has 1 unspecified atom stereocenters. The molecule has 7 nitrogen and oxygen atoms in total. The summed E-state index contributed by atoms with van der Waals surface area (Å²) in [6, 6.07) is 0.549. The molecule has 0 aliphatic carbocycles. The van der Waals surface area contributed by atoms with Crippen LogP contribution in [-0.2, 0) is 4.79 Å². The first kappa shape index (κ1) is 18.9. The number of hydrogen-bond acceptors (Lipinski definition) is 4. The molecule has 0 aromatic rings. The van der Waals surface area contributed by atoms with E-state index >= 15 is 0 Å². The van der Waals surface area contributed by atoms with E-state index in [1.807, 2.05) is 11.8 Å². The first-order chi connectivity index (χ1) is 11.6. The van der Waals surface area contributed by atoms with Gasteiger partial charge in [-0.3, -0.25) is 10.2 Å². The smallest absolute Gasteiger partial charge is 0.315 e. The van der Waals surface area contributed by atoms with Crippen LogP contribution in [0.3, 0.4) is 0 Å². The third kappa shape index (κ3) is 5.58. The molecule has 0 spiro atoms. The summed E-state index contributed by atoms with van der Waals surface area (Å²) in [4.78, 5) is 23.2. The average Bonchev–Trinajstić information content (AvgIpc) is 3.09. The molecule has 3 amide bonds. The average molecular weight is 354 g/mol. The van der Waals surface area contributed by atoms with Crippen molar-refractivity contribution in [3.05, 3.63) is 0 Å². The van der Waals surface area contributed by atoms with Crippen LogP contribution in [0.15, 0.2) is 0 Å². The number of unbranched alkanes of at least 4 members (excludes halogenated alkanes) is 1. The van der Waals surface area contributed by atoms with E-state index in [0.717, 1.165) is 37.9 Å². The summed E-state index contributed by atoms with van der Waals surface area (Å²) >= 11 is 1.91. The number of rotatable bonds is 11. The van der Waals surface area contributed by atoms with Gasteiger partial charge in [0.1, 0.15) is 0 Å². The van der Waals surface area contributed by atoms with E-state index < -0.39 is 0 Å². The summed E-state index contributed by atoms with van der Waals surface area (Å²) in [7, 11) is 0. The van der Waals surface area contributed by atoms with Crippen LogP contribution in [0.4, 0.5) is 4.79 Å². The van der Waals surface area contributed by atoms with Crippen LogP contribution in [0.1, 0.15) is 45.4 Å². The lowest BCUT2D eigenvalue weighted by Gasteiger charge is -2.17. The van der Waals surface area contributed by atoms with Gasteiger partial charge in [-0.1, -0.05) is 19.8 Å². The van der Waals surface area contributed by atoms with Crippen LogP contribution in [0.5, 0.6) is 0 Å². The van der Waals surface area contributed by atoms with E-state index in [0.29, 0.717) is 18.2 Å². The van der Waals surface area contributed by atoms with Crippen LogP contribution in [0, 0.1) is 5.41 Å². The minimum Gasteiger partial charge on any atom is -0.363 e. The Labute approximate surface area is 148 Å². The van der Waals surface area contributed by atoms with Gasteiger partial charge in [0.15, 0.2) is 6.34 Å². The molecule has 24 heavy (non-hydrogen) atoms. The predicted octanol–water partition coefficient (Wildman–Crippen LogP) is 1.07. The predicted molar refractivity (Wildman–Crippen MR) is 96.5 cm³/mol. The number of hydrogen-bond donors (Lipinski definition) is 5. The zero-order valence-corrected chi connectivity index (χ0v) is 15.0. The topological polar surface area (TPSA) is 106 Å². The van der Waals surface area contributed by atoms with E-state index in [1.54, 1.807) is 0 Å². The fourth-order valence-corrected chi connectivity index (χ4v) is 4.82. The van der Waals surface area contributed by atoms with Gasteiger partial charge in [-0.25, -0.2) is 4.79 Å². The van der Waals surface area contributed by atoms with Crippen LogP contribution >= 0.6 is 11.8 Å². The van der Waals surface area contributed by atoms with Gasteiger partial charge in [-0.2, -0.15) is 11.8 Å². The second kappa shape index (κ2) is 9.76. The van der Waals surface area contributed by atoms with Crippen molar-refractivity contribution in [2.45, 2.75) is 68.8 Å². The summed E-state index contributed by atoms with van der Waals surface area (Å²) in [6.07, 6.45) is 7.53. The zero-order chi connectivity index (χ0) is 17.4. The molecule has 2 aliphatic heterocycles. The largest absolute Gasteiger partial charge is 0.363 e. The number of carbonyl (C=O) groups excluding carboxylic acids is 2. The maximum atomic E-state index is 11.9. The van der Waals surface area contributed by atoms with E-state index in [2.05, 4.69) is 34.5 Å². The van der Waals surface area contributed by atoms with Gasteiger partial charge in [0.05, 0.1) is 12.1 Å². The Morgan fingerprint density at radius 2 is 2.29 bits per heavy atom. The van der Waals surface area contributed by atoms with Gasteiger partial charge < -0.3 is 21.3 Å². The molecular formula is C16H28N5O2S. The highest BCUT2D eigenvalue weighted by Crippen LogP contribution is 2.33. The molecule has 2 heterocycles. The van der Waals surface area contributed by atoms with Crippen LogP contribution in [0.2, 0.25) is 0 Å². The Hall–Kier alpha value is -1.44. The lowest BCUT2D eigenvalue weighted by molar-refractivity contribution is -0.121. The first-order valence-electron chi connectivity index (χ1n) is 8.76. The Morgan fingerprint density at radius 1 is 1.46 bits per heavy atom. The summed E-state index contributed by atoms with van der Waals surface area (Å²) in [5.41, 5.74) is 0. The summed E-state index contributed by atoms with van der Waals surface area (Å²) in [5, 5.41) is 19.1. The van der Waals surface area contributed by atoms with Crippen molar-refractivity contribution < 1.29 is 9.59 Å². The van der Waals surface area contributed by atoms with Crippen molar-refractivity contribution in [3.63, 3.8) is 0 Å². The summed E-state index contributed by atoms with van der Waals surface area (Å²) < 4.78 is 0. The maximum Gasteiger partial charge on any atom is 0.315 e. The minimum atomic E-state index is -0.0490. The highest BCUT2D eigenvalue weighted by atomic mass is 32.2. The molecule has 135 valence electrons. The van der Waals surface area contributed by atoms with Crippen molar-refractivity contribution >= 4 is 30.0 Å². The fourth-order valence-electron chi connectivity index (χ4n) is 3.28. The Morgan fingerprint density at radius 3 is 3.04 bits per heavy atom. The van der Waals surface area contributed by atoms with Crippen molar-refractivity contribution in [3.8, 4) is 0 Å². The molecule has 0 aromatic carbocycles. The van der Waals surface area contributed by atoms with Crippen LogP contribution in [-0.4, -0.2) is 53.9 Å². The zero-order valence-electron chi connectivity index (χ0n) is 14.2. The molecule has 8 heteroatoms. The highest BCUT2D eigenvalue weighted by molar-refractivity contribution is 8.00. The van der Waals surface area contributed by atoms with Crippen LogP contribution in [0.25, 0.3) is 0 Å².